The molecule has 2 aromatic rings. The Morgan fingerprint density at radius 1 is 1.13 bits per heavy atom. The first-order valence-corrected chi connectivity index (χ1v) is 11.9. The number of aryl methyl sites for hydroxylation is 1. The second kappa shape index (κ2) is 8.26. The number of hydrogen-bond donors (Lipinski definition) is 1. The van der Waals surface area contributed by atoms with Gasteiger partial charge in [-0.3, -0.25) is 4.79 Å². The quantitative estimate of drug-likeness (QED) is 0.784. The molecule has 0 saturated carbocycles. The summed E-state index contributed by atoms with van der Waals surface area (Å²) in [6.07, 6.45) is 0.612. The number of hydrogen-bond acceptors (Lipinski definition) is 5. The maximum atomic E-state index is 13.1. The summed E-state index contributed by atoms with van der Waals surface area (Å²) in [7, 11) is -3.67. The van der Waals surface area contributed by atoms with Crippen molar-refractivity contribution in [3.8, 4) is 5.75 Å². The summed E-state index contributed by atoms with van der Waals surface area (Å²) in [5, 5.41) is 3.08. The fourth-order valence-corrected chi connectivity index (χ4v) is 5.52. The molecule has 4 rings (SSSR count). The van der Waals surface area contributed by atoms with Gasteiger partial charge in [0.1, 0.15) is 11.4 Å². The van der Waals surface area contributed by atoms with Crippen molar-refractivity contribution in [3.05, 3.63) is 59.2 Å². The lowest BCUT2D eigenvalue weighted by atomic mass is 9.89. The third-order valence-corrected chi connectivity index (χ3v) is 7.53. The molecule has 2 aliphatic rings. The third kappa shape index (κ3) is 4.61. The molecule has 2 aromatic carbocycles. The molecule has 0 aromatic heterocycles. The third-order valence-electron chi connectivity index (χ3n) is 5.64. The molecule has 1 saturated heterocycles. The second-order valence-electron chi connectivity index (χ2n) is 8.68. The number of carbonyl (C=O) groups is 1. The van der Waals surface area contributed by atoms with Gasteiger partial charge in [0.2, 0.25) is 10.0 Å². The standard InChI is InChI=1S/C23H28N2O5S/c1-16-7-8-19-20(15-23(2,3)30-21(19)13-16)24-22(26)17-5-4-6-18(14-17)31(27,28)25-9-11-29-12-10-25/h4-8,13-14,20H,9-12,15H2,1-3H3,(H,24,26). The number of rotatable bonds is 4. The van der Waals surface area contributed by atoms with E-state index < -0.39 is 15.6 Å². The predicted molar refractivity (Wildman–Crippen MR) is 117 cm³/mol. The van der Waals surface area contributed by atoms with Gasteiger partial charge in [-0.05, 0) is 50.6 Å². The van der Waals surface area contributed by atoms with E-state index in [1.807, 2.05) is 39.0 Å². The van der Waals surface area contributed by atoms with Crippen LogP contribution in [0.15, 0.2) is 47.4 Å². The Morgan fingerprint density at radius 2 is 1.87 bits per heavy atom. The van der Waals surface area contributed by atoms with E-state index >= 15 is 0 Å². The molecule has 8 heteroatoms. The predicted octanol–water partition coefficient (Wildman–Crippen LogP) is 3.05. The molecular formula is C23H28N2O5S. The molecule has 1 unspecified atom stereocenters. The molecule has 1 fully saturated rings. The Labute approximate surface area is 183 Å². The van der Waals surface area contributed by atoms with Crippen LogP contribution in [0.4, 0.5) is 0 Å². The highest BCUT2D eigenvalue weighted by atomic mass is 32.2. The van der Waals surface area contributed by atoms with Gasteiger partial charge in [0.05, 0.1) is 24.2 Å². The summed E-state index contributed by atoms with van der Waals surface area (Å²) in [4.78, 5) is 13.2. The fourth-order valence-electron chi connectivity index (χ4n) is 4.06. The first-order valence-electron chi connectivity index (χ1n) is 10.4. The Kier molecular flexibility index (Phi) is 5.81. The number of ether oxygens (including phenoxy) is 2. The molecule has 0 bridgehead atoms. The van der Waals surface area contributed by atoms with Crippen molar-refractivity contribution >= 4 is 15.9 Å². The van der Waals surface area contributed by atoms with Crippen molar-refractivity contribution < 1.29 is 22.7 Å². The van der Waals surface area contributed by atoms with Crippen molar-refractivity contribution in [2.75, 3.05) is 26.3 Å². The van der Waals surface area contributed by atoms with Gasteiger partial charge in [-0.25, -0.2) is 8.42 Å². The molecular weight excluding hydrogens is 416 g/mol. The molecule has 0 aliphatic carbocycles. The number of morpholine rings is 1. The van der Waals surface area contributed by atoms with Gasteiger partial charge >= 0.3 is 0 Å². The summed E-state index contributed by atoms with van der Waals surface area (Å²) in [6, 6.07) is 11.9. The lowest BCUT2D eigenvalue weighted by molar-refractivity contribution is 0.0619. The maximum Gasteiger partial charge on any atom is 0.251 e. The van der Waals surface area contributed by atoms with Crippen LogP contribution in [-0.4, -0.2) is 50.5 Å². The molecule has 1 N–H and O–H groups in total. The Hall–Kier alpha value is -2.42. The zero-order valence-electron chi connectivity index (χ0n) is 18.1. The van der Waals surface area contributed by atoms with Crippen LogP contribution in [0, 0.1) is 6.92 Å². The van der Waals surface area contributed by atoms with Crippen molar-refractivity contribution in [2.24, 2.45) is 0 Å². The van der Waals surface area contributed by atoms with E-state index in [2.05, 4.69) is 5.32 Å². The number of carbonyl (C=O) groups excluding carboxylic acids is 1. The minimum absolute atomic E-state index is 0.116. The van der Waals surface area contributed by atoms with Gasteiger partial charge in [-0.2, -0.15) is 4.31 Å². The van der Waals surface area contributed by atoms with E-state index in [1.165, 1.54) is 16.4 Å². The molecule has 166 valence electrons. The Balaban J connectivity index is 1.58. The van der Waals surface area contributed by atoms with Crippen LogP contribution < -0.4 is 10.1 Å². The van der Waals surface area contributed by atoms with Crippen LogP contribution in [0.3, 0.4) is 0 Å². The van der Waals surface area contributed by atoms with Crippen LogP contribution in [-0.2, 0) is 14.8 Å². The fraction of sp³-hybridized carbons (Fsp3) is 0.435. The number of benzene rings is 2. The van der Waals surface area contributed by atoms with E-state index in [0.29, 0.717) is 38.3 Å². The SMILES string of the molecule is Cc1ccc2c(c1)OC(C)(C)CC2NC(=O)c1cccc(S(=O)(=O)N2CCOCC2)c1. The summed E-state index contributed by atoms with van der Waals surface area (Å²) in [6.45, 7) is 7.35. The number of sulfonamides is 1. The topological polar surface area (TPSA) is 84.9 Å². The van der Waals surface area contributed by atoms with Gasteiger partial charge in [-0.1, -0.05) is 18.2 Å². The molecule has 0 radical (unpaired) electrons. The minimum Gasteiger partial charge on any atom is -0.487 e. The van der Waals surface area contributed by atoms with Crippen molar-refractivity contribution in [3.63, 3.8) is 0 Å². The smallest absolute Gasteiger partial charge is 0.251 e. The maximum absolute atomic E-state index is 13.1. The average molecular weight is 445 g/mol. The van der Waals surface area contributed by atoms with E-state index in [4.69, 9.17) is 9.47 Å². The molecule has 7 nitrogen and oxygen atoms in total. The van der Waals surface area contributed by atoms with Gasteiger partial charge < -0.3 is 14.8 Å². The van der Waals surface area contributed by atoms with Crippen LogP contribution in [0.1, 0.15) is 47.8 Å². The lowest BCUT2D eigenvalue weighted by Crippen LogP contribution is -2.41. The normalized spacial score (nSPS) is 21.1. The summed E-state index contributed by atoms with van der Waals surface area (Å²) in [5.74, 6) is 0.457. The summed E-state index contributed by atoms with van der Waals surface area (Å²) >= 11 is 0. The van der Waals surface area contributed by atoms with Crippen LogP contribution in [0.2, 0.25) is 0 Å². The van der Waals surface area contributed by atoms with Crippen LogP contribution >= 0.6 is 0 Å². The Bertz CT molecular complexity index is 1090. The highest BCUT2D eigenvalue weighted by Gasteiger charge is 2.35. The van der Waals surface area contributed by atoms with Gasteiger partial charge in [0.15, 0.2) is 0 Å². The first kappa shape index (κ1) is 21.8. The minimum atomic E-state index is -3.67. The molecule has 0 spiro atoms. The van der Waals surface area contributed by atoms with Gasteiger partial charge in [0, 0.05) is 30.6 Å². The average Bonchev–Trinajstić information content (AvgIpc) is 2.73. The van der Waals surface area contributed by atoms with E-state index in [-0.39, 0.29) is 16.8 Å². The molecule has 2 aliphatic heterocycles. The lowest BCUT2D eigenvalue weighted by Gasteiger charge is -2.38. The number of nitrogens with one attached hydrogen (secondary N) is 1. The zero-order chi connectivity index (χ0) is 22.2. The van der Waals surface area contributed by atoms with Crippen molar-refractivity contribution in [1.82, 2.24) is 9.62 Å². The molecule has 1 atom stereocenters. The molecule has 2 heterocycles. The number of fused-ring (bicyclic) bond motifs is 1. The van der Waals surface area contributed by atoms with E-state index in [1.54, 1.807) is 12.1 Å². The summed E-state index contributed by atoms with van der Waals surface area (Å²) < 4.78 is 38.7. The van der Waals surface area contributed by atoms with Crippen LogP contribution in [0.25, 0.3) is 0 Å². The Morgan fingerprint density at radius 3 is 2.61 bits per heavy atom. The number of amides is 1. The van der Waals surface area contributed by atoms with Crippen molar-refractivity contribution in [2.45, 2.75) is 43.7 Å². The van der Waals surface area contributed by atoms with Crippen molar-refractivity contribution in [1.29, 1.82) is 0 Å². The highest BCUT2D eigenvalue weighted by Crippen LogP contribution is 2.40. The highest BCUT2D eigenvalue weighted by molar-refractivity contribution is 7.89. The number of nitrogens with zero attached hydrogens (tertiary/aromatic N) is 1. The second-order valence-corrected chi connectivity index (χ2v) is 10.6. The van der Waals surface area contributed by atoms with E-state index in [0.717, 1.165) is 16.9 Å². The van der Waals surface area contributed by atoms with Gasteiger partial charge in [0.25, 0.3) is 5.91 Å². The molecule has 1 amide bonds. The zero-order valence-corrected chi connectivity index (χ0v) is 18.9. The molecule has 31 heavy (non-hydrogen) atoms. The largest absolute Gasteiger partial charge is 0.487 e. The first-order chi connectivity index (χ1) is 14.7. The monoisotopic (exact) mass is 444 g/mol. The van der Waals surface area contributed by atoms with Crippen LogP contribution in [0.5, 0.6) is 5.75 Å². The van der Waals surface area contributed by atoms with Gasteiger partial charge in [-0.15, -0.1) is 0 Å². The summed E-state index contributed by atoms with van der Waals surface area (Å²) in [5.41, 5.74) is 1.89. The van der Waals surface area contributed by atoms with E-state index in [9.17, 15) is 13.2 Å².